The van der Waals surface area contributed by atoms with Gasteiger partial charge in [-0.25, -0.2) is 4.39 Å². The molecule has 1 N–H and O–H groups in total. The number of methoxy groups -OCH3 is 1. The molecule has 0 aliphatic rings. The molecule has 0 heterocycles. The summed E-state index contributed by atoms with van der Waals surface area (Å²) in [5, 5.41) is 10.3. The van der Waals surface area contributed by atoms with Gasteiger partial charge in [-0.05, 0) is 32.4 Å². The molecule has 1 aromatic rings. The van der Waals surface area contributed by atoms with E-state index in [1.54, 1.807) is 26.0 Å². The molecule has 0 saturated heterocycles. The standard InChI is InChI=1S/C14H17FO2/c1-4-5-6-10-14(2,16)13-11(15)8-7-9-12(13)17-3/h7-9,16H,6,10H2,1-3H3. The molecule has 1 unspecified atom stereocenters. The number of aliphatic hydroxyl groups is 1. The van der Waals surface area contributed by atoms with Gasteiger partial charge in [0.2, 0.25) is 0 Å². The number of hydrogen-bond acceptors (Lipinski definition) is 2. The Hall–Kier alpha value is -1.53. The van der Waals surface area contributed by atoms with Gasteiger partial charge in [0, 0.05) is 6.42 Å². The van der Waals surface area contributed by atoms with Gasteiger partial charge >= 0.3 is 0 Å². The predicted molar refractivity (Wildman–Crippen MR) is 65.2 cm³/mol. The van der Waals surface area contributed by atoms with E-state index in [2.05, 4.69) is 11.8 Å². The fraction of sp³-hybridized carbons (Fsp3) is 0.429. The SMILES string of the molecule is CC#CCCC(C)(O)c1c(F)cccc1OC. The van der Waals surface area contributed by atoms with Gasteiger partial charge in [0.05, 0.1) is 18.3 Å². The van der Waals surface area contributed by atoms with Crippen LogP contribution >= 0.6 is 0 Å². The van der Waals surface area contributed by atoms with Gasteiger partial charge in [-0.3, -0.25) is 0 Å². The summed E-state index contributed by atoms with van der Waals surface area (Å²) in [5.41, 5.74) is -1.08. The van der Waals surface area contributed by atoms with Gasteiger partial charge in [0.15, 0.2) is 0 Å². The molecule has 0 saturated carbocycles. The van der Waals surface area contributed by atoms with E-state index >= 15 is 0 Å². The molecule has 0 aromatic heterocycles. The van der Waals surface area contributed by atoms with Crippen LogP contribution in [0, 0.1) is 17.7 Å². The second-order valence-corrected chi connectivity index (χ2v) is 4.02. The second kappa shape index (κ2) is 5.70. The minimum absolute atomic E-state index is 0.195. The maximum Gasteiger partial charge on any atom is 0.133 e. The van der Waals surface area contributed by atoms with E-state index in [0.717, 1.165) is 0 Å². The second-order valence-electron chi connectivity index (χ2n) is 4.02. The lowest BCUT2D eigenvalue weighted by Gasteiger charge is -2.25. The summed E-state index contributed by atoms with van der Waals surface area (Å²) in [7, 11) is 1.46. The van der Waals surface area contributed by atoms with Crippen molar-refractivity contribution in [2.24, 2.45) is 0 Å². The topological polar surface area (TPSA) is 29.5 Å². The van der Waals surface area contributed by atoms with E-state index < -0.39 is 11.4 Å². The Morgan fingerprint density at radius 1 is 1.47 bits per heavy atom. The third-order valence-electron chi connectivity index (χ3n) is 2.65. The molecule has 0 aliphatic heterocycles. The molecule has 1 rings (SSSR count). The molecule has 0 spiro atoms. The highest BCUT2D eigenvalue weighted by atomic mass is 19.1. The maximum absolute atomic E-state index is 13.8. The monoisotopic (exact) mass is 236 g/mol. The van der Waals surface area contributed by atoms with Crippen LogP contribution in [-0.4, -0.2) is 12.2 Å². The van der Waals surface area contributed by atoms with Crippen molar-refractivity contribution in [3.05, 3.63) is 29.6 Å². The molecule has 92 valence electrons. The van der Waals surface area contributed by atoms with Gasteiger partial charge in [-0.15, -0.1) is 11.8 Å². The smallest absolute Gasteiger partial charge is 0.133 e. The normalized spacial score (nSPS) is 13.5. The van der Waals surface area contributed by atoms with Crippen LogP contribution in [0.2, 0.25) is 0 Å². The van der Waals surface area contributed by atoms with Crippen LogP contribution in [0.1, 0.15) is 32.3 Å². The van der Waals surface area contributed by atoms with Crippen molar-refractivity contribution in [1.29, 1.82) is 0 Å². The number of benzene rings is 1. The molecule has 1 atom stereocenters. The van der Waals surface area contributed by atoms with Crippen LogP contribution < -0.4 is 4.74 Å². The van der Waals surface area contributed by atoms with Crippen LogP contribution in [0.25, 0.3) is 0 Å². The van der Waals surface area contributed by atoms with Crippen LogP contribution in [0.15, 0.2) is 18.2 Å². The molecule has 0 bridgehead atoms. The van der Waals surface area contributed by atoms with Gasteiger partial charge < -0.3 is 9.84 Å². The molecular weight excluding hydrogens is 219 g/mol. The van der Waals surface area contributed by atoms with Crippen molar-refractivity contribution < 1.29 is 14.2 Å². The largest absolute Gasteiger partial charge is 0.496 e. The molecule has 0 amide bonds. The van der Waals surface area contributed by atoms with Crippen LogP contribution in [-0.2, 0) is 5.60 Å². The highest BCUT2D eigenvalue weighted by Gasteiger charge is 2.29. The van der Waals surface area contributed by atoms with Crippen molar-refractivity contribution in [1.82, 2.24) is 0 Å². The third kappa shape index (κ3) is 3.21. The van der Waals surface area contributed by atoms with E-state index in [1.165, 1.54) is 13.2 Å². The Bertz CT molecular complexity index is 441. The van der Waals surface area contributed by atoms with E-state index in [1.807, 2.05) is 0 Å². The zero-order valence-corrected chi connectivity index (χ0v) is 10.4. The average Bonchev–Trinajstić information content (AvgIpc) is 2.28. The molecule has 0 aliphatic carbocycles. The lowest BCUT2D eigenvalue weighted by molar-refractivity contribution is 0.0430. The molecule has 1 aromatic carbocycles. The third-order valence-corrected chi connectivity index (χ3v) is 2.65. The molecular formula is C14H17FO2. The number of halogens is 1. The zero-order chi connectivity index (χ0) is 12.9. The Morgan fingerprint density at radius 3 is 2.76 bits per heavy atom. The first-order valence-corrected chi connectivity index (χ1v) is 5.48. The minimum Gasteiger partial charge on any atom is -0.496 e. The highest BCUT2D eigenvalue weighted by molar-refractivity contribution is 5.38. The van der Waals surface area contributed by atoms with Crippen LogP contribution in [0.5, 0.6) is 5.75 Å². The number of ether oxygens (including phenoxy) is 1. The highest BCUT2D eigenvalue weighted by Crippen LogP contribution is 2.35. The zero-order valence-electron chi connectivity index (χ0n) is 10.4. The molecule has 0 radical (unpaired) electrons. The molecule has 0 fully saturated rings. The average molecular weight is 236 g/mol. The van der Waals surface area contributed by atoms with Crippen molar-refractivity contribution in [2.75, 3.05) is 7.11 Å². The van der Waals surface area contributed by atoms with Gasteiger partial charge in [-0.2, -0.15) is 0 Å². The first kappa shape index (κ1) is 13.5. The molecule has 3 heteroatoms. The van der Waals surface area contributed by atoms with Gasteiger partial charge in [0.1, 0.15) is 11.6 Å². The first-order valence-electron chi connectivity index (χ1n) is 5.48. The Balaban J connectivity index is 3.06. The summed E-state index contributed by atoms with van der Waals surface area (Å²) < 4.78 is 18.8. The van der Waals surface area contributed by atoms with Crippen LogP contribution in [0.3, 0.4) is 0 Å². The summed E-state index contributed by atoms with van der Waals surface area (Å²) in [6.07, 6.45) is 0.881. The Labute approximate surface area is 101 Å². The van der Waals surface area contributed by atoms with Crippen molar-refractivity contribution in [3.63, 3.8) is 0 Å². The fourth-order valence-corrected chi connectivity index (χ4v) is 1.75. The summed E-state index contributed by atoms with van der Waals surface area (Å²) in [6.45, 7) is 3.31. The molecule has 17 heavy (non-hydrogen) atoms. The number of hydrogen-bond donors (Lipinski definition) is 1. The maximum atomic E-state index is 13.8. The predicted octanol–water partition coefficient (Wildman–Crippen LogP) is 2.85. The summed E-state index contributed by atoms with van der Waals surface area (Å²) in [6, 6.07) is 4.51. The fourth-order valence-electron chi connectivity index (χ4n) is 1.75. The summed E-state index contributed by atoms with van der Waals surface area (Å²) in [5.74, 6) is 5.51. The quantitative estimate of drug-likeness (QED) is 0.814. The lowest BCUT2D eigenvalue weighted by Crippen LogP contribution is -2.23. The van der Waals surface area contributed by atoms with Crippen molar-refractivity contribution >= 4 is 0 Å². The molecule has 2 nitrogen and oxygen atoms in total. The van der Waals surface area contributed by atoms with Crippen LogP contribution in [0.4, 0.5) is 4.39 Å². The van der Waals surface area contributed by atoms with Gasteiger partial charge in [0.25, 0.3) is 0 Å². The van der Waals surface area contributed by atoms with E-state index in [9.17, 15) is 9.50 Å². The lowest BCUT2D eigenvalue weighted by atomic mass is 9.90. The van der Waals surface area contributed by atoms with Crippen molar-refractivity contribution in [2.45, 2.75) is 32.3 Å². The summed E-state index contributed by atoms with van der Waals surface area (Å²) >= 11 is 0. The minimum atomic E-state index is -1.28. The summed E-state index contributed by atoms with van der Waals surface area (Å²) in [4.78, 5) is 0. The van der Waals surface area contributed by atoms with E-state index in [4.69, 9.17) is 4.74 Å². The number of rotatable bonds is 4. The van der Waals surface area contributed by atoms with Gasteiger partial charge in [-0.1, -0.05) is 6.07 Å². The van der Waals surface area contributed by atoms with E-state index in [0.29, 0.717) is 18.6 Å². The first-order chi connectivity index (χ1) is 8.03. The Morgan fingerprint density at radius 2 is 2.18 bits per heavy atom. The van der Waals surface area contributed by atoms with Crippen molar-refractivity contribution in [3.8, 4) is 17.6 Å². The Kier molecular flexibility index (Phi) is 4.53. The van der Waals surface area contributed by atoms with E-state index in [-0.39, 0.29) is 5.56 Å².